The van der Waals surface area contributed by atoms with Crippen molar-refractivity contribution in [3.63, 3.8) is 0 Å². The number of hydrogen-bond donors (Lipinski definition) is 1. The van der Waals surface area contributed by atoms with Crippen LogP contribution in [0, 0.1) is 5.92 Å². The van der Waals surface area contributed by atoms with Crippen molar-refractivity contribution in [1.82, 2.24) is 5.32 Å². The van der Waals surface area contributed by atoms with Gasteiger partial charge in [-0.15, -0.1) is 0 Å². The molecule has 110 valence electrons. The molecule has 0 aromatic heterocycles. The summed E-state index contributed by atoms with van der Waals surface area (Å²) in [6.45, 7) is 3.14. The largest absolute Gasteiger partial charge is 0.494 e. The van der Waals surface area contributed by atoms with Crippen LogP contribution in [0.4, 0.5) is 0 Å². The Hall–Kier alpha value is -1.80. The zero-order chi connectivity index (χ0) is 14.3. The molecule has 1 aliphatic rings. The molecule has 2 aromatic carbocycles. The minimum atomic E-state index is 0.780. The molecule has 1 heterocycles. The first-order chi connectivity index (χ1) is 10.4. The van der Waals surface area contributed by atoms with E-state index in [4.69, 9.17) is 4.74 Å². The van der Waals surface area contributed by atoms with Crippen LogP contribution in [-0.4, -0.2) is 19.7 Å². The highest BCUT2D eigenvalue weighted by Crippen LogP contribution is 2.22. The lowest BCUT2D eigenvalue weighted by Crippen LogP contribution is -2.30. The molecule has 0 radical (unpaired) electrons. The van der Waals surface area contributed by atoms with Gasteiger partial charge in [0.25, 0.3) is 0 Å². The maximum Gasteiger partial charge on any atom is 0.119 e. The summed E-state index contributed by atoms with van der Waals surface area (Å²) in [5, 5.41) is 3.45. The predicted octanol–water partition coefficient (Wildman–Crippen LogP) is 4.12. The minimum Gasteiger partial charge on any atom is -0.494 e. The summed E-state index contributed by atoms with van der Waals surface area (Å²) < 4.78 is 5.87. The predicted molar refractivity (Wildman–Crippen MR) is 87.6 cm³/mol. The van der Waals surface area contributed by atoms with Crippen LogP contribution in [-0.2, 0) is 0 Å². The third kappa shape index (κ3) is 4.08. The van der Waals surface area contributed by atoms with E-state index in [1.807, 2.05) is 6.07 Å². The highest BCUT2D eigenvalue weighted by Gasteiger charge is 2.12. The van der Waals surface area contributed by atoms with Crippen LogP contribution in [0.3, 0.4) is 0 Å². The number of hydrogen-bond acceptors (Lipinski definition) is 2. The van der Waals surface area contributed by atoms with Crippen molar-refractivity contribution in [2.45, 2.75) is 19.3 Å². The maximum atomic E-state index is 5.87. The molecule has 0 aliphatic carbocycles. The Kier molecular flexibility index (Phi) is 4.90. The molecule has 0 unspecified atom stereocenters. The van der Waals surface area contributed by atoms with E-state index in [1.165, 1.54) is 30.5 Å². The smallest absolute Gasteiger partial charge is 0.119 e. The summed E-state index contributed by atoms with van der Waals surface area (Å²) in [6, 6.07) is 18.8. The topological polar surface area (TPSA) is 21.3 Å². The second-order valence-electron chi connectivity index (χ2n) is 5.74. The quantitative estimate of drug-likeness (QED) is 0.890. The Morgan fingerprint density at radius 3 is 2.43 bits per heavy atom. The standard InChI is InChI=1S/C19H23NO/c1-2-6-17(7-3-1)18-8-10-19(11-9-18)21-14-12-16-5-4-13-20-15-16/h1-3,6-11,16,20H,4-5,12-15H2/t16-/m1/s1. The molecule has 0 spiro atoms. The van der Waals surface area contributed by atoms with E-state index in [0.29, 0.717) is 0 Å². The molecule has 21 heavy (non-hydrogen) atoms. The van der Waals surface area contributed by atoms with E-state index >= 15 is 0 Å². The van der Waals surface area contributed by atoms with Crippen LogP contribution in [0.1, 0.15) is 19.3 Å². The zero-order valence-corrected chi connectivity index (χ0v) is 12.4. The summed E-state index contributed by atoms with van der Waals surface area (Å²) in [5.74, 6) is 1.75. The Morgan fingerprint density at radius 1 is 0.952 bits per heavy atom. The van der Waals surface area contributed by atoms with Gasteiger partial charge in [-0.1, -0.05) is 42.5 Å². The van der Waals surface area contributed by atoms with Crippen molar-refractivity contribution in [3.8, 4) is 16.9 Å². The molecule has 0 saturated carbocycles. The monoisotopic (exact) mass is 281 g/mol. The van der Waals surface area contributed by atoms with Crippen LogP contribution < -0.4 is 10.1 Å². The lowest BCUT2D eigenvalue weighted by atomic mass is 9.97. The van der Waals surface area contributed by atoms with Crippen molar-refractivity contribution in [3.05, 3.63) is 54.6 Å². The summed E-state index contributed by atoms with van der Waals surface area (Å²) in [4.78, 5) is 0. The van der Waals surface area contributed by atoms with Crippen molar-refractivity contribution in [1.29, 1.82) is 0 Å². The molecule has 1 saturated heterocycles. The highest BCUT2D eigenvalue weighted by molar-refractivity contribution is 5.63. The Bertz CT molecular complexity index is 529. The van der Waals surface area contributed by atoms with Crippen molar-refractivity contribution in [2.24, 2.45) is 5.92 Å². The van der Waals surface area contributed by atoms with Gasteiger partial charge < -0.3 is 10.1 Å². The highest BCUT2D eigenvalue weighted by atomic mass is 16.5. The van der Waals surface area contributed by atoms with Crippen LogP contribution in [0.2, 0.25) is 0 Å². The first-order valence-electron chi connectivity index (χ1n) is 7.91. The first-order valence-corrected chi connectivity index (χ1v) is 7.91. The van der Waals surface area contributed by atoms with E-state index in [2.05, 4.69) is 53.8 Å². The van der Waals surface area contributed by atoms with Crippen molar-refractivity contribution >= 4 is 0 Å². The SMILES string of the molecule is c1ccc(-c2ccc(OCC[C@H]3CCCNC3)cc2)cc1. The van der Waals surface area contributed by atoms with Gasteiger partial charge >= 0.3 is 0 Å². The Balaban J connectivity index is 1.50. The number of nitrogens with one attached hydrogen (secondary N) is 1. The van der Waals surface area contributed by atoms with Crippen molar-refractivity contribution < 1.29 is 4.74 Å². The van der Waals surface area contributed by atoms with Gasteiger partial charge in [0.05, 0.1) is 6.61 Å². The van der Waals surface area contributed by atoms with Gasteiger partial charge in [-0.2, -0.15) is 0 Å². The lowest BCUT2D eigenvalue weighted by molar-refractivity contribution is 0.254. The fourth-order valence-electron chi connectivity index (χ4n) is 2.89. The number of benzene rings is 2. The summed E-state index contributed by atoms with van der Waals surface area (Å²) in [5.41, 5.74) is 2.48. The number of ether oxygens (including phenoxy) is 1. The fourth-order valence-corrected chi connectivity index (χ4v) is 2.89. The van der Waals surface area contributed by atoms with Gasteiger partial charge in [0.2, 0.25) is 0 Å². The normalized spacial score (nSPS) is 18.4. The third-order valence-electron chi connectivity index (χ3n) is 4.16. The second-order valence-corrected chi connectivity index (χ2v) is 5.74. The molecular formula is C19H23NO. The number of piperidine rings is 1. The lowest BCUT2D eigenvalue weighted by Gasteiger charge is -2.22. The van der Waals surface area contributed by atoms with Crippen LogP contribution in [0.25, 0.3) is 11.1 Å². The second kappa shape index (κ2) is 7.28. The van der Waals surface area contributed by atoms with Gasteiger partial charge in [0, 0.05) is 0 Å². The number of rotatable bonds is 5. The summed E-state index contributed by atoms with van der Waals surface area (Å²) in [6.07, 6.45) is 3.78. The molecule has 0 bridgehead atoms. The third-order valence-corrected chi connectivity index (χ3v) is 4.16. The van der Waals surface area contributed by atoms with Crippen LogP contribution in [0.15, 0.2) is 54.6 Å². The Morgan fingerprint density at radius 2 is 1.71 bits per heavy atom. The van der Waals surface area contributed by atoms with Crippen molar-refractivity contribution in [2.75, 3.05) is 19.7 Å². The van der Waals surface area contributed by atoms with Gasteiger partial charge in [0.15, 0.2) is 0 Å². The molecule has 0 amide bonds. The average Bonchev–Trinajstić information content (AvgIpc) is 2.57. The summed E-state index contributed by atoms with van der Waals surface area (Å²) >= 11 is 0. The summed E-state index contributed by atoms with van der Waals surface area (Å²) in [7, 11) is 0. The van der Waals surface area contributed by atoms with Crippen LogP contribution >= 0.6 is 0 Å². The van der Waals surface area contributed by atoms with Gasteiger partial charge in [-0.3, -0.25) is 0 Å². The van der Waals surface area contributed by atoms with Crippen LogP contribution in [0.5, 0.6) is 5.75 Å². The molecule has 1 atom stereocenters. The molecule has 3 rings (SSSR count). The van der Waals surface area contributed by atoms with Gasteiger partial charge in [-0.25, -0.2) is 0 Å². The maximum absolute atomic E-state index is 5.87. The minimum absolute atomic E-state index is 0.780. The molecule has 1 fully saturated rings. The molecule has 2 heteroatoms. The van der Waals surface area contributed by atoms with Gasteiger partial charge in [0.1, 0.15) is 5.75 Å². The average molecular weight is 281 g/mol. The fraction of sp³-hybridized carbons (Fsp3) is 0.368. The molecular weight excluding hydrogens is 258 g/mol. The van der Waals surface area contributed by atoms with E-state index < -0.39 is 0 Å². The zero-order valence-electron chi connectivity index (χ0n) is 12.4. The molecule has 2 nitrogen and oxygen atoms in total. The van der Waals surface area contributed by atoms with E-state index in [9.17, 15) is 0 Å². The molecule has 2 aromatic rings. The first kappa shape index (κ1) is 14.2. The van der Waals surface area contributed by atoms with E-state index in [0.717, 1.165) is 31.2 Å². The Labute approximate surface area is 127 Å². The van der Waals surface area contributed by atoms with Gasteiger partial charge in [-0.05, 0) is 61.5 Å². The van der Waals surface area contributed by atoms with E-state index in [1.54, 1.807) is 0 Å². The molecule has 1 N–H and O–H groups in total. The molecule has 1 aliphatic heterocycles. The van der Waals surface area contributed by atoms with E-state index in [-0.39, 0.29) is 0 Å².